The lowest BCUT2D eigenvalue weighted by Crippen LogP contribution is -2.53. The van der Waals surface area contributed by atoms with Crippen molar-refractivity contribution in [2.45, 2.75) is 6.04 Å². The van der Waals surface area contributed by atoms with Crippen molar-refractivity contribution in [3.05, 3.63) is 40.8 Å². The second-order valence-corrected chi connectivity index (χ2v) is 7.18. The number of carbonyl (C=O) groups excluding carboxylic acids is 1. The van der Waals surface area contributed by atoms with Gasteiger partial charge in [0.2, 0.25) is 5.95 Å². The van der Waals surface area contributed by atoms with Crippen LogP contribution < -0.4 is 10.2 Å². The molecule has 1 saturated heterocycles. The minimum Gasteiger partial charge on any atom is -0.337 e. The average molecular weight is 360 g/mol. The molecule has 1 aliphatic rings. The van der Waals surface area contributed by atoms with E-state index in [1.165, 1.54) is 4.88 Å². The fraction of sp³-hybridized carbons (Fsp3) is 0.471. The number of nitrogens with one attached hydrogen (secondary N) is 1. The van der Waals surface area contributed by atoms with Crippen LogP contribution in [0.15, 0.2) is 36.0 Å². The SMILES string of the molecule is CN(C)C(CNC(=O)N1CCN(c2ncccn2)CC1)c1cccs1. The Morgan fingerprint density at radius 1 is 1.24 bits per heavy atom. The Morgan fingerprint density at radius 3 is 2.56 bits per heavy atom. The van der Waals surface area contributed by atoms with Crippen molar-refractivity contribution < 1.29 is 4.79 Å². The van der Waals surface area contributed by atoms with Gasteiger partial charge in [0.1, 0.15) is 0 Å². The number of hydrogen-bond acceptors (Lipinski definition) is 6. The molecule has 0 spiro atoms. The van der Waals surface area contributed by atoms with Crippen LogP contribution in [0.1, 0.15) is 10.9 Å². The van der Waals surface area contributed by atoms with Crippen LogP contribution in [0.3, 0.4) is 0 Å². The third kappa shape index (κ3) is 4.46. The molecule has 1 atom stereocenters. The molecule has 3 rings (SSSR count). The number of carbonyl (C=O) groups is 1. The molecule has 0 bridgehead atoms. The molecule has 1 aliphatic heterocycles. The topological polar surface area (TPSA) is 64.6 Å². The van der Waals surface area contributed by atoms with Crippen molar-refractivity contribution in [1.29, 1.82) is 0 Å². The number of urea groups is 1. The minimum absolute atomic E-state index is 0.00274. The summed E-state index contributed by atoms with van der Waals surface area (Å²) in [6.45, 7) is 3.46. The Kier molecular flexibility index (Phi) is 5.83. The van der Waals surface area contributed by atoms with Crippen LogP contribution in [0.4, 0.5) is 10.7 Å². The summed E-state index contributed by atoms with van der Waals surface area (Å²) in [7, 11) is 4.07. The van der Waals surface area contributed by atoms with Gasteiger partial charge in [-0.25, -0.2) is 14.8 Å². The van der Waals surface area contributed by atoms with Crippen LogP contribution in [0.25, 0.3) is 0 Å². The van der Waals surface area contributed by atoms with Crippen molar-refractivity contribution in [2.75, 3.05) is 51.7 Å². The highest BCUT2D eigenvalue weighted by Crippen LogP contribution is 2.22. The summed E-state index contributed by atoms with van der Waals surface area (Å²) in [5, 5.41) is 5.15. The zero-order valence-electron chi connectivity index (χ0n) is 14.6. The van der Waals surface area contributed by atoms with Crippen LogP contribution >= 0.6 is 11.3 Å². The summed E-state index contributed by atoms with van der Waals surface area (Å²) >= 11 is 1.72. The number of aromatic nitrogens is 2. The van der Waals surface area contributed by atoms with Gasteiger partial charge < -0.3 is 20.0 Å². The van der Waals surface area contributed by atoms with Gasteiger partial charge in [-0.15, -0.1) is 11.3 Å². The summed E-state index contributed by atoms with van der Waals surface area (Å²) < 4.78 is 0. The van der Waals surface area contributed by atoms with Gasteiger partial charge in [-0.2, -0.15) is 0 Å². The van der Waals surface area contributed by atoms with Crippen LogP contribution in [0.5, 0.6) is 0 Å². The van der Waals surface area contributed by atoms with E-state index < -0.39 is 0 Å². The van der Waals surface area contributed by atoms with E-state index in [9.17, 15) is 4.79 Å². The Morgan fingerprint density at radius 2 is 1.96 bits per heavy atom. The zero-order valence-corrected chi connectivity index (χ0v) is 15.4. The summed E-state index contributed by atoms with van der Waals surface area (Å²) in [5.74, 6) is 0.730. The standard InChI is InChI=1S/C17H24N6OS/c1-21(2)14(15-5-3-12-25-15)13-20-17(24)23-10-8-22(9-11-23)16-18-6-4-7-19-16/h3-7,12,14H,8-11,13H2,1-2H3,(H,20,24). The molecule has 2 aromatic heterocycles. The van der Waals surface area contributed by atoms with E-state index in [2.05, 4.69) is 36.5 Å². The maximum atomic E-state index is 12.5. The van der Waals surface area contributed by atoms with E-state index in [1.54, 1.807) is 23.7 Å². The number of thiophene rings is 1. The molecular weight excluding hydrogens is 336 g/mol. The van der Waals surface area contributed by atoms with E-state index in [4.69, 9.17) is 0 Å². The maximum Gasteiger partial charge on any atom is 0.317 e. The monoisotopic (exact) mass is 360 g/mol. The van der Waals surface area contributed by atoms with Crippen LogP contribution in [0, 0.1) is 0 Å². The number of hydrogen-bond donors (Lipinski definition) is 1. The molecule has 1 fully saturated rings. The Bertz CT molecular complexity index is 655. The number of amides is 2. The van der Waals surface area contributed by atoms with Gasteiger partial charge in [-0.1, -0.05) is 6.07 Å². The van der Waals surface area contributed by atoms with Gasteiger partial charge in [0.25, 0.3) is 0 Å². The lowest BCUT2D eigenvalue weighted by molar-refractivity contribution is 0.189. The second kappa shape index (κ2) is 8.26. The first-order valence-corrected chi connectivity index (χ1v) is 9.27. The first kappa shape index (κ1) is 17.6. The van der Waals surface area contributed by atoms with E-state index >= 15 is 0 Å². The predicted molar refractivity (Wildman–Crippen MR) is 100.0 cm³/mol. The average Bonchev–Trinajstić information content (AvgIpc) is 3.16. The summed E-state index contributed by atoms with van der Waals surface area (Å²) in [4.78, 5) is 28.4. The quantitative estimate of drug-likeness (QED) is 0.879. The fourth-order valence-electron chi connectivity index (χ4n) is 2.88. The summed E-state index contributed by atoms with van der Waals surface area (Å²) in [6.07, 6.45) is 3.49. The highest BCUT2D eigenvalue weighted by Gasteiger charge is 2.23. The lowest BCUT2D eigenvalue weighted by Gasteiger charge is -2.35. The third-order valence-electron chi connectivity index (χ3n) is 4.34. The molecule has 8 heteroatoms. The van der Waals surface area contributed by atoms with Crippen LogP contribution in [-0.2, 0) is 0 Å². The molecule has 0 aliphatic carbocycles. The molecule has 134 valence electrons. The van der Waals surface area contributed by atoms with E-state index in [0.29, 0.717) is 19.6 Å². The number of piperazine rings is 1. The summed E-state index contributed by atoms with van der Waals surface area (Å²) in [5.41, 5.74) is 0. The molecule has 0 saturated carbocycles. The van der Waals surface area contributed by atoms with Crippen LogP contribution in [-0.4, -0.2) is 72.6 Å². The van der Waals surface area contributed by atoms with Crippen molar-refractivity contribution in [3.8, 4) is 0 Å². The Labute approximate surface area is 152 Å². The first-order chi connectivity index (χ1) is 12.1. The summed E-state index contributed by atoms with van der Waals surface area (Å²) in [6, 6.07) is 6.16. The lowest BCUT2D eigenvalue weighted by atomic mass is 10.2. The fourth-order valence-corrected chi connectivity index (χ4v) is 3.80. The molecule has 25 heavy (non-hydrogen) atoms. The van der Waals surface area contributed by atoms with Gasteiger partial charge in [-0.3, -0.25) is 0 Å². The number of nitrogens with zero attached hydrogens (tertiary/aromatic N) is 5. The number of likely N-dealkylation sites (N-methyl/N-ethyl adjacent to an activating group) is 1. The highest BCUT2D eigenvalue weighted by molar-refractivity contribution is 7.10. The third-order valence-corrected chi connectivity index (χ3v) is 5.32. The molecule has 3 heterocycles. The number of rotatable bonds is 5. The van der Waals surface area contributed by atoms with Crippen molar-refractivity contribution >= 4 is 23.3 Å². The molecule has 2 amide bonds. The van der Waals surface area contributed by atoms with Gasteiger partial charge >= 0.3 is 6.03 Å². The van der Waals surface area contributed by atoms with Gasteiger partial charge in [0.15, 0.2) is 0 Å². The molecule has 1 unspecified atom stereocenters. The van der Waals surface area contributed by atoms with E-state index in [0.717, 1.165) is 19.0 Å². The molecule has 1 N–H and O–H groups in total. The smallest absolute Gasteiger partial charge is 0.317 e. The molecule has 0 radical (unpaired) electrons. The van der Waals surface area contributed by atoms with Gasteiger partial charge in [0, 0.05) is 50.0 Å². The largest absolute Gasteiger partial charge is 0.337 e. The normalized spacial score (nSPS) is 16.1. The van der Waals surface area contributed by atoms with E-state index in [1.807, 2.05) is 31.1 Å². The van der Waals surface area contributed by atoms with Crippen molar-refractivity contribution in [1.82, 2.24) is 25.1 Å². The maximum absolute atomic E-state index is 12.5. The molecular formula is C17H24N6OS. The Balaban J connectivity index is 1.49. The second-order valence-electron chi connectivity index (χ2n) is 6.20. The number of anilines is 1. The van der Waals surface area contributed by atoms with E-state index in [-0.39, 0.29) is 12.1 Å². The molecule has 2 aromatic rings. The predicted octanol–water partition coefficient (Wildman–Crippen LogP) is 1.67. The van der Waals surface area contributed by atoms with Crippen molar-refractivity contribution in [3.63, 3.8) is 0 Å². The Hall–Kier alpha value is -2.19. The first-order valence-electron chi connectivity index (χ1n) is 8.39. The highest BCUT2D eigenvalue weighted by atomic mass is 32.1. The van der Waals surface area contributed by atoms with Crippen molar-refractivity contribution in [2.24, 2.45) is 0 Å². The van der Waals surface area contributed by atoms with Crippen LogP contribution in [0.2, 0.25) is 0 Å². The molecule has 7 nitrogen and oxygen atoms in total. The van der Waals surface area contributed by atoms with Gasteiger partial charge in [-0.05, 0) is 31.6 Å². The molecule has 0 aromatic carbocycles. The minimum atomic E-state index is -0.00274. The zero-order chi connectivity index (χ0) is 17.6. The van der Waals surface area contributed by atoms with Gasteiger partial charge in [0.05, 0.1) is 6.04 Å².